The molecule has 0 bridgehead atoms. The molecule has 0 amide bonds. The quantitative estimate of drug-likeness (QED) is 0.797. The van der Waals surface area contributed by atoms with Gasteiger partial charge in [0.05, 0.1) is 0 Å². The number of nitrogens with zero attached hydrogens (tertiary/aromatic N) is 2. The second-order valence-electron chi connectivity index (χ2n) is 6.02. The maximum atomic E-state index is 6.13. The van der Waals surface area contributed by atoms with Crippen LogP contribution in [-0.4, -0.2) is 65.1 Å². The fourth-order valence-corrected chi connectivity index (χ4v) is 5.43. The van der Waals surface area contributed by atoms with Crippen LogP contribution in [0.25, 0.3) is 0 Å². The summed E-state index contributed by atoms with van der Waals surface area (Å²) in [6, 6.07) is 1.51. The van der Waals surface area contributed by atoms with E-state index >= 15 is 0 Å². The SMILES string of the molecule is CC1CN2CCCC2CN1C1(CN)CCSC1. The predicted molar refractivity (Wildman–Crippen MR) is 74.5 cm³/mol. The average molecular weight is 255 g/mol. The van der Waals surface area contributed by atoms with Gasteiger partial charge in [0.15, 0.2) is 0 Å². The summed E-state index contributed by atoms with van der Waals surface area (Å²) in [6.07, 6.45) is 4.10. The first-order valence-electron chi connectivity index (χ1n) is 7.04. The molecule has 3 nitrogen and oxygen atoms in total. The molecule has 3 saturated heterocycles. The third kappa shape index (κ3) is 2.03. The Morgan fingerprint density at radius 1 is 1.41 bits per heavy atom. The first-order chi connectivity index (χ1) is 8.25. The highest BCUT2D eigenvalue weighted by Gasteiger charge is 2.45. The van der Waals surface area contributed by atoms with Gasteiger partial charge in [-0.05, 0) is 38.5 Å². The maximum absolute atomic E-state index is 6.13. The second-order valence-corrected chi connectivity index (χ2v) is 7.13. The van der Waals surface area contributed by atoms with Crippen LogP contribution in [0.2, 0.25) is 0 Å². The molecule has 0 spiro atoms. The number of fused-ring (bicyclic) bond motifs is 1. The van der Waals surface area contributed by atoms with E-state index in [1.807, 2.05) is 0 Å². The molecule has 2 N–H and O–H groups in total. The van der Waals surface area contributed by atoms with Gasteiger partial charge in [0.1, 0.15) is 0 Å². The lowest BCUT2D eigenvalue weighted by Crippen LogP contribution is -2.65. The highest BCUT2D eigenvalue weighted by atomic mass is 32.2. The molecule has 0 radical (unpaired) electrons. The Morgan fingerprint density at radius 3 is 3.00 bits per heavy atom. The molecule has 0 aromatic carbocycles. The van der Waals surface area contributed by atoms with Crippen LogP contribution in [0.5, 0.6) is 0 Å². The van der Waals surface area contributed by atoms with Crippen LogP contribution in [0.3, 0.4) is 0 Å². The van der Waals surface area contributed by atoms with Crippen LogP contribution >= 0.6 is 11.8 Å². The normalized spacial score (nSPS) is 44.1. The summed E-state index contributed by atoms with van der Waals surface area (Å²) in [7, 11) is 0. The summed E-state index contributed by atoms with van der Waals surface area (Å²) < 4.78 is 0. The molecular formula is C13H25N3S. The van der Waals surface area contributed by atoms with Crippen LogP contribution in [0, 0.1) is 0 Å². The van der Waals surface area contributed by atoms with E-state index in [0.717, 1.165) is 12.6 Å². The van der Waals surface area contributed by atoms with Crippen LogP contribution in [-0.2, 0) is 0 Å². The summed E-state index contributed by atoms with van der Waals surface area (Å²) in [5, 5.41) is 0. The highest BCUT2D eigenvalue weighted by Crippen LogP contribution is 2.37. The maximum Gasteiger partial charge on any atom is 0.0433 e. The standard InChI is InChI=1S/C13H25N3S/c1-11-7-15-5-2-3-12(15)8-16(11)13(9-14)4-6-17-10-13/h11-12H,2-10,14H2,1H3. The van der Waals surface area contributed by atoms with Crippen molar-refractivity contribution in [1.82, 2.24) is 9.80 Å². The lowest BCUT2D eigenvalue weighted by Gasteiger charge is -2.50. The third-order valence-corrected chi connectivity index (χ3v) is 6.24. The zero-order chi connectivity index (χ0) is 11.9. The molecule has 3 aliphatic heterocycles. The van der Waals surface area contributed by atoms with Crippen molar-refractivity contribution in [2.45, 2.75) is 43.8 Å². The lowest BCUT2D eigenvalue weighted by molar-refractivity contribution is -0.00913. The Balaban J connectivity index is 1.77. The van der Waals surface area contributed by atoms with Crippen LogP contribution < -0.4 is 5.73 Å². The molecule has 3 rings (SSSR count). The van der Waals surface area contributed by atoms with Crippen molar-refractivity contribution in [3.8, 4) is 0 Å². The molecular weight excluding hydrogens is 230 g/mol. The monoisotopic (exact) mass is 255 g/mol. The second kappa shape index (κ2) is 4.72. The number of nitrogens with two attached hydrogens (primary N) is 1. The number of hydrogen-bond donors (Lipinski definition) is 1. The topological polar surface area (TPSA) is 32.5 Å². The van der Waals surface area contributed by atoms with E-state index < -0.39 is 0 Å². The summed E-state index contributed by atoms with van der Waals surface area (Å²) in [5.74, 6) is 2.55. The van der Waals surface area contributed by atoms with Crippen molar-refractivity contribution in [3.63, 3.8) is 0 Å². The molecule has 3 aliphatic rings. The highest BCUT2D eigenvalue weighted by molar-refractivity contribution is 7.99. The molecule has 0 aromatic heterocycles. The van der Waals surface area contributed by atoms with E-state index in [4.69, 9.17) is 5.73 Å². The molecule has 0 aliphatic carbocycles. The van der Waals surface area contributed by atoms with Gasteiger partial charge in [-0.25, -0.2) is 0 Å². The summed E-state index contributed by atoms with van der Waals surface area (Å²) >= 11 is 2.09. The minimum atomic E-state index is 0.318. The van der Waals surface area contributed by atoms with Gasteiger partial charge in [-0.3, -0.25) is 9.80 Å². The molecule has 3 fully saturated rings. The van der Waals surface area contributed by atoms with Crippen molar-refractivity contribution >= 4 is 11.8 Å². The van der Waals surface area contributed by atoms with Crippen LogP contribution in [0.1, 0.15) is 26.2 Å². The first kappa shape index (κ1) is 12.3. The van der Waals surface area contributed by atoms with E-state index in [-0.39, 0.29) is 0 Å². The fraction of sp³-hybridized carbons (Fsp3) is 1.00. The zero-order valence-corrected chi connectivity index (χ0v) is 11.7. The number of rotatable bonds is 2. The van der Waals surface area contributed by atoms with E-state index in [1.54, 1.807) is 0 Å². The van der Waals surface area contributed by atoms with Crippen LogP contribution in [0.4, 0.5) is 0 Å². The molecule has 3 atom stereocenters. The number of thioether (sulfide) groups is 1. The molecule has 0 saturated carbocycles. The Labute approximate surface area is 109 Å². The Bertz CT molecular complexity index is 278. The van der Waals surface area contributed by atoms with Crippen molar-refractivity contribution < 1.29 is 0 Å². The summed E-state index contributed by atoms with van der Waals surface area (Å²) in [5.41, 5.74) is 6.45. The van der Waals surface area contributed by atoms with Gasteiger partial charge in [-0.1, -0.05) is 0 Å². The van der Waals surface area contributed by atoms with E-state index in [0.29, 0.717) is 11.6 Å². The van der Waals surface area contributed by atoms with Crippen molar-refractivity contribution in [3.05, 3.63) is 0 Å². The lowest BCUT2D eigenvalue weighted by atomic mass is 9.92. The Hall–Kier alpha value is 0.230. The molecule has 3 heterocycles. The summed E-state index contributed by atoms with van der Waals surface area (Å²) in [6.45, 7) is 7.09. The van der Waals surface area contributed by atoms with Crippen molar-refractivity contribution in [2.75, 3.05) is 37.7 Å². The molecule has 3 unspecified atom stereocenters. The molecule has 4 heteroatoms. The van der Waals surface area contributed by atoms with E-state index in [1.165, 1.54) is 50.4 Å². The number of hydrogen-bond acceptors (Lipinski definition) is 4. The average Bonchev–Trinajstić information content (AvgIpc) is 2.95. The van der Waals surface area contributed by atoms with Crippen molar-refractivity contribution in [1.29, 1.82) is 0 Å². The van der Waals surface area contributed by atoms with Gasteiger partial charge >= 0.3 is 0 Å². The van der Waals surface area contributed by atoms with Gasteiger partial charge < -0.3 is 5.73 Å². The summed E-state index contributed by atoms with van der Waals surface area (Å²) in [4.78, 5) is 5.47. The molecule has 0 aromatic rings. The predicted octanol–water partition coefficient (Wildman–Crippen LogP) is 0.989. The van der Waals surface area contributed by atoms with Gasteiger partial charge in [0, 0.05) is 43.0 Å². The van der Waals surface area contributed by atoms with Crippen LogP contribution in [0.15, 0.2) is 0 Å². The van der Waals surface area contributed by atoms with Gasteiger partial charge in [0.2, 0.25) is 0 Å². The first-order valence-corrected chi connectivity index (χ1v) is 8.19. The minimum absolute atomic E-state index is 0.318. The van der Waals surface area contributed by atoms with Gasteiger partial charge in [-0.2, -0.15) is 11.8 Å². The van der Waals surface area contributed by atoms with Crippen molar-refractivity contribution in [2.24, 2.45) is 5.73 Å². The largest absolute Gasteiger partial charge is 0.329 e. The zero-order valence-electron chi connectivity index (χ0n) is 10.9. The Kier molecular flexibility index (Phi) is 3.41. The van der Waals surface area contributed by atoms with Gasteiger partial charge in [-0.15, -0.1) is 0 Å². The molecule has 17 heavy (non-hydrogen) atoms. The third-order valence-electron chi connectivity index (χ3n) is 5.01. The van der Waals surface area contributed by atoms with E-state index in [9.17, 15) is 0 Å². The molecule has 98 valence electrons. The fourth-order valence-electron chi connectivity index (χ4n) is 3.95. The minimum Gasteiger partial charge on any atom is -0.329 e. The number of piperazine rings is 1. The smallest absolute Gasteiger partial charge is 0.0433 e. The Morgan fingerprint density at radius 2 is 2.29 bits per heavy atom. The van der Waals surface area contributed by atoms with Gasteiger partial charge in [0.25, 0.3) is 0 Å². The van der Waals surface area contributed by atoms with E-state index in [2.05, 4.69) is 28.5 Å².